The molecule has 3 rings (SSSR count). The first kappa shape index (κ1) is 19.8. The Morgan fingerprint density at radius 1 is 1.07 bits per heavy atom. The van der Waals surface area contributed by atoms with Crippen molar-refractivity contribution in [1.82, 2.24) is 9.47 Å². The highest BCUT2D eigenvalue weighted by atomic mass is 19.1. The highest BCUT2D eigenvalue weighted by Gasteiger charge is 2.24. The number of halogens is 1. The molecule has 0 radical (unpaired) electrons. The van der Waals surface area contributed by atoms with Gasteiger partial charge in [-0.05, 0) is 55.3 Å². The van der Waals surface area contributed by atoms with Crippen molar-refractivity contribution < 1.29 is 4.39 Å². The lowest BCUT2D eigenvalue weighted by Gasteiger charge is -2.27. The lowest BCUT2D eigenvalue weighted by atomic mass is 9.99. The Bertz CT molecular complexity index is 894. The van der Waals surface area contributed by atoms with E-state index in [2.05, 4.69) is 22.0 Å². The number of aromatic nitrogens is 1. The maximum Gasteiger partial charge on any atom is 0.176 e. The van der Waals surface area contributed by atoms with Gasteiger partial charge in [-0.3, -0.25) is 9.89 Å². The van der Waals surface area contributed by atoms with Crippen LogP contribution in [-0.2, 0) is 13.1 Å². The molecule has 5 nitrogen and oxygen atoms in total. The van der Waals surface area contributed by atoms with Crippen LogP contribution in [0.4, 0.5) is 4.39 Å². The molecule has 0 amide bonds. The molecule has 0 unspecified atom stereocenters. The zero-order valence-electron chi connectivity index (χ0n) is 16.1. The van der Waals surface area contributed by atoms with E-state index in [-0.39, 0.29) is 5.82 Å². The van der Waals surface area contributed by atoms with E-state index in [1.54, 1.807) is 19.2 Å². The van der Waals surface area contributed by atoms with Crippen LogP contribution in [0.5, 0.6) is 0 Å². The number of nitriles is 2. The maximum atomic E-state index is 13.2. The molecule has 1 fully saturated rings. The number of rotatable bonds is 6. The van der Waals surface area contributed by atoms with Gasteiger partial charge in [-0.1, -0.05) is 18.6 Å². The second-order valence-corrected chi connectivity index (χ2v) is 7.08. The third kappa shape index (κ3) is 4.47. The van der Waals surface area contributed by atoms with E-state index < -0.39 is 5.92 Å². The Hall–Kier alpha value is -2.96. The molecule has 0 N–H and O–H groups in total. The van der Waals surface area contributed by atoms with Crippen LogP contribution in [0.25, 0.3) is 0 Å². The monoisotopic (exact) mass is 377 g/mol. The zero-order chi connectivity index (χ0) is 19.9. The summed E-state index contributed by atoms with van der Waals surface area (Å²) >= 11 is 0. The van der Waals surface area contributed by atoms with Gasteiger partial charge in [0, 0.05) is 26.3 Å². The molecule has 6 heteroatoms. The van der Waals surface area contributed by atoms with E-state index in [0.717, 1.165) is 36.5 Å². The minimum absolute atomic E-state index is 0.271. The Balaban J connectivity index is 1.97. The molecule has 0 spiro atoms. The lowest BCUT2D eigenvalue weighted by Crippen LogP contribution is -2.30. The van der Waals surface area contributed by atoms with Crippen molar-refractivity contribution >= 4 is 5.71 Å². The molecular weight excluding hydrogens is 353 g/mol. The summed E-state index contributed by atoms with van der Waals surface area (Å²) in [7, 11) is 1.62. The molecule has 1 aromatic heterocycles. The normalized spacial score (nSPS) is 15.4. The van der Waals surface area contributed by atoms with Crippen LogP contribution in [0.1, 0.15) is 36.1 Å². The predicted molar refractivity (Wildman–Crippen MR) is 106 cm³/mol. The number of likely N-dealkylation sites (tertiary alicyclic amines) is 1. The van der Waals surface area contributed by atoms with E-state index in [9.17, 15) is 14.9 Å². The summed E-state index contributed by atoms with van der Waals surface area (Å²) in [4.78, 5) is 6.72. The summed E-state index contributed by atoms with van der Waals surface area (Å²) in [5.41, 5.74) is 3.33. The topological polar surface area (TPSA) is 68.1 Å². The smallest absolute Gasteiger partial charge is 0.176 e. The molecule has 1 saturated heterocycles. The standard InChI is InChI=1S/C22H24FN5/c1-26-21(19(13-24)14-25)22-18(16-27-10-3-2-4-11-27)9-12-28(22)15-17-5-7-20(23)8-6-17/h5-9,12,19H,2-4,10-11,15-16H2,1H3. The van der Waals surface area contributed by atoms with Crippen LogP contribution in [0, 0.1) is 34.4 Å². The van der Waals surface area contributed by atoms with Crippen LogP contribution in [-0.4, -0.2) is 35.3 Å². The molecule has 144 valence electrons. The first-order valence-corrected chi connectivity index (χ1v) is 9.57. The Morgan fingerprint density at radius 2 is 1.75 bits per heavy atom. The van der Waals surface area contributed by atoms with Gasteiger partial charge >= 0.3 is 0 Å². The summed E-state index contributed by atoms with van der Waals surface area (Å²) in [5.74, 6) is -1.20. The molecule has 2 heterocycles. The largest absolute Gasteiger partial charge is 0.342 e. The first-order chi connectivity index (χ1) is 13.7. The Morgan fingerprint density at radius 3 is 2.36 bits per heavy atom. The number of hydrogen-bond donors (Lipinski definition) is 0. The van der Waals surface area contributed by atoms with E-state index in [1.165, 1.54) is 31.4 Å². The van der Waals surface area contributed by atoms with Crippen LogP contribution < -0.4 is 0 Å². The van der Waals surface area contributed by atoms with Crippen LogP contribution in [0.2, 0.25) is 0 Å². The van der Waals surface area contributed by atoms with Gasteiger partial charge in [0.15, 0.2) is 5.92 Å². The highest BCUT2D eigenvalue weighted by Crippen LogP contribution is 2.22. The van der Waals surface area contributed by atoms with Gasteiger partial charge in [0.25, 0.3) is 0 Å². The molecule has 0 saturated carbocycles. The molecule has 0 atom stereocenters. The summed E-state index contributed by atoms with van der Waals surface area (Å²) in [6, 6.07) is 12.5. The van der Waals surface area contributed by atoms with E-state index >= 15 is 0 Å². The fraction of sp³-hybridized carbons (Fsp3) is 0.409. The van der Waals surface area contributed by atoms with Crippen molar-refractivity contribution in [2.45, 2.75) is 32.4 Å². The number of hydrogen-bond acceptors (Lipinski definition) is 4. The van der Waals surface area contributed by atoms with Gasteiger partial charge in [-0.25, -0.2) is 4.39 Å². The maximum absolute atomic E-state index is 13.2. The van der Waals surface area contributed by atoms with Gasteiger partial charge in [-0.2, -0.15) is 10.5 Å². The summed E-state index contributed by atoms with van der Waals surface area (Å²) in [6.45, 7) is 3.41. The van der Waals surface area contributed by atoms with Crippen molar-refractivity contribution in [2.75, 3.05) is 20.1 Å². The average molecular weight is 377 g/mol. The highest BCUT2D eigenvalue weighted by molar-refractivity contribution is 6.05. The average Bonchev–Trinajstić information content (AvgIpc) is 3.10. The number of benzene rings is 1. The van der Waals surface area contributed by atoms with Gasteiger partial charge in [-0.15, -0.1) is 0 Å². The molecular formula is C22H24FN5. The molecule has 28 heavy (non-hydrogen) atoms. The number of aliphatic imine (C=N–C) groups is 1. The predicted octanol–water partition coefficient (Wildman–Crippen LogP) is 3.74. The van der Waals surface area contributed by atoms with Crippen LogP contribution in [0.3, 0.4) is 0 Å². The molecule has 1 aliphatic heterocycles. The minimum Gasteiger partial charge on any atom is -0.342 e. The lowest BCUT2D eigenvalue weighted by molar-refractivity contribution is 0.221. The SMILES string of the molecule is CN=C(c1c(CN2CCCCC2)ccn1Cc1ccc(F)cc1)C(C#N)C#N. The molecule has 0 bridgehead atoms. The fourth-order valence-corrected chi connectivity index (χ4v) is 3.76. The summed E-state index contributed by atoms with van der Waals surface area (Å²) in [6.07, 6.45) is 5.62. The van der Waals surface area contributed by atoms with Gasteiger partial charge in [0.05, 0.1) is 23.5 Å². The fourth-order valence-electron chi connectivity index (χ4n) is 3.76. The first-order valence-electron chi connectivity index (χ1n) is 9.57. The summed E-state index contributed by atoms with van der Waals surface area (Å²) < 4.78 is 15.3. The minimum atomic E-state index is -0.924. The zero-order valence-corrected chi connectivity index (χ0v) is 16.1. The van der Waals surface area contributed by atoms with E-state index in [1.807, 2.05) is 16.8 Å². The number of nitrogens with zero attached hydrogens (tertiary/aromatic N) is 5. The van der Waals surface area contributed by atoms with Crippen molar-refractivity contribution in [2.24, 2.45) is 10.9 Å². The van der Waals surface area contributed by atoms with Gasteiger partial charge in [0.2, 0.25) is 0 Å². The van der Waals surface area contributed by atoms with Crippen LogP contribution >= 0.6 is 0 Å². The van der Waals surface area contributed by atoms with Crippen LogP contribution in [0.15, 0.2) is 41.5 Å². The third-order valence-corrected chi connectivity index (χ3v) is 5.17. The van der Waals surface area contributed by atoms with Crippen molar-refractivity contribution in [1.29, 1.82) is 10.5 Å². The van der Waals surface area contributed by atoms with Crippen molar-refractivity contribution in [3.8, 4) is 12.1 Å². The van der Waals surface area contributed by atoms with Crippen molar-refractivity contribution in [3.63, 3.8) is 0 Å². The Labute approximate surface area is 165 Å². The third-order valence-electron chi connectivity index (χ3n) is 5.17. The van der Waals surface area contributed by atoms with Gasteiger partial charge in [0.1, 0.15) is 5.82 Å². The van der Waals surface area contributed by atoms with Crippen molar-refractivity contribution in [3.05, 3.63) is 59.2 Å². The molecule has 0 aliphatic carbocycles. The summed E-state index contributed by atoms with van der Waals surface area (Å²) in [5, 5.41) is 18.9. The van der Waals surface area contributed by atoms with Gasteiger partial charge < -0.3 is 4.57 Å². The quantitative estimate of drug-likeness (QED) is 0.720. The molecule has 1 aliphatic rings. The molecule has 1 aromatic carbocycles. The second-order valence-electron chi connectivity index (χ2n) is 7.08. The Kier molecular flexibility index (Phi) is 6.57. The second kappa shape index (κ2) is 9.30. The van der Waals surface area contributed by atoms with E-state index in [0.29, 0.717) is 12.3 Å². The van der Waals surface area contributed by atoms with E-state index in [4.69, 9.17) is 0 Å². The molecule has 2 aromatic rings. The number of piperidine rings is 1.